The summed E-state index contributed by atoms with van der Waals surface area (Å²) in [6.07, 6.45) is 0. The third-order valence-electron chi connectivity index (χ3n) is 14.7. The van der Waals surface area contributed by atoms with E-state index in [4.69, 9.17) is 9.40 Å². The Morgan fingerprint density at radius 3 is 1.46 bits per heavy atom. The largest absolute Gasteiger partial charge is 0.456 e. The third-order valence-corrected chi connectivity index (χ3v) is 14.7. The molecule has 0 atom stereocenters. The average molecular weight is 889 g/mol. The Morgan fingerprint density at radius 2 is 0.743 bits per heavy atom. The Kier molecular flexibility index (Phi) is 8.36. The summed E-state index contributed by atoms with van der Waals surface area (Å²) in [4.78, 5) is 5.47. The fourth-order valence-electron chi connectivity index (χ4n) is 11.3. The van der Waals surface area contributed by atoms with Crippen LogP contribution in [0.25, 0.3) is 148 Å². The minimum Gasteiger partial charge on any atom is -0.456 e. The van der Waals surface area contributed by atoms with Crippen LogP contribution >= 0.6 is 0 Å². The molecule has 0 amide bonds. The molecule has 0 saturated carbocycles. The number of hydrogen-bond donors (Lipinski definition) is 0. The summed E-state index contributed by atoms with van der Waals surface area (Å²) in [5, 5.41) is 16.9. The van der Waals surface area contributed by atoms with Crippen LogP contribution in [0.2, 0.25) is 0 Å². The van der Waals surface area contributed by atoms with Gasteiger partial charge in [0.1, 0.15) is 11.2 Å². The molecular weight excluding hydrogens is 849 g/mol. The maximum Gasteiger partial charge on any atom is 0.135 e. The highest BCUT2D eigenvalue weighted by Gasteiger charge is 2.20. The maximum absolute atomic E-state index is 6.22. The minimum absolute atomic E-state index is 0.905. The normalized spacial score (nSPS) is 12.0. The van der Waals surface area contributed by atoms with Crippen molar-refractivity contribution in [1.82, 2.24) is 9.55 Å². The molecule has 0 radical (unpaired) electrons. The lowest BCUT2D eigenvalue weighted by atomic mass is 9.91. The lowest BCUT2D eigenvalue weighted by molar-refractivity contribution is 0.669. The van der Waals surface area contributed by atoms with Crippen molar-refractivity contribution in [3.05, 3.63) is 243 Å². The molecule has 324 valence electrons. The van der Waals surface area contributed by atoms with E-state index in [0.29, 0.717) is 0 Å². The molecule has 0 aliphatic heterocycles. The number of benzene rings is 12. The molecule has 0 fully saturated rings. The Bertz CT molecular complexity index is 4560. The van der Waals surface area contributed by atoms with Gasteiger partial charge >= 0.3 is 0 Å². The molecule has 3 aromatic heterocycles. The van der Waals surface area contributed by atoms with Gasteiger partial charge in [0.25, 0.3) is 0 Å². The number of nitrogens with zero attached hydrogens (tertiary/aromatic N) is 2. The maximum atomic E-state index is 6.22. The number of rotatable bonds is 5. The highest BCUT2D eigenvalue weighted by molar-refractivity contribution is 6.29. The highest BCUT2D eigenvalue weighted by atomic mass is 16.3. The van der Waals surface area contributed by atoms with E-state index in [1.165, 1.54) is 86.9 Å². The first-order valence-corrected chi connectivity index (χ1v) is 24.0. The zero-order valence-electron chi connectivity index (χ0n) is 37.9. The molecule has 0 saturated heterocycles. The van der Waals surface area contributed by atoms with Crippen LogP contribution in [0, 0.1) is 0 Å². The summed E-state index contributed by atoms with van der Waals surface area (Å²) in [5.41, 5.74) is 13.9. The molecule has 12 aromatic carbocycles. The van der Waals surface area contributed by atoms with Gasteiger partial charge in [-0.2, -0.15) is 0 Å². The van der Waals surface area contributed by atoms with Gasteiger partial charge in [0.05, 0.1) is 28.1 Å². The molecule has 0 spiro atoms. The highest BCUT2D eigenvalue weighted by Crippen LogP contribution is 2.44. The third kappa shape index (κ3) is 6.05. The smallest absolute Gasteiger partial charge is 0.135 e. The topological polar surface area (TPSA) is 31.0 Å². The second-order valence-electron chi connectivity index (χ2n) is 18.7. The first-order chi connectivity index (χ1) is 34.6. The van der Waals surface area contributed by atoms with Gasteiger partial charge in [-0.1, -0.05) is 170 Å². The van der Waals surface area contributed by atoms with E-state index in [2.05, 4.69) is 235 Å². The van der Waals surface area contributed by atoms with Crippen molar-refractivity contribution in [2.45, 2.75) is 0 Å². The summed E-state index contributed by atoms with van der Waals surface area (Å²) in [6, 6.07) is 88.6. The van der Waals surface area contributed by atoms with Gasteiger partial charge in [0.15, 0.2) is 0 Å². The van der Waals surface area contributed by atoms with Gasteiger partial charge in [-0.25, -0.2) is 4.98 Å². The SMILES string of the molecule is c1ccc(-c2ccc3c(c2)c2cc4c5ccc(-c6ccc7oc8ccccc8c7c6)cc5c5ccccc5c4cc2n3-c2cc(-c3ccc4ccccc4c3)nc(-c3ccc4ccccc4c3)c2)cc1. The molecule has 15 rings (SSSR count). The van der Waals surface area contributed by atoms with Crippen LogP contribution in [-0.4, -0.2) is 9.55 Å². The van der Waals surface area contributed by atoms with E-state index in [1.807, 2.05) is 12.1 Å². The lowest BCUT2D eigenvalue weighted by Gasteiger charge is -2.15. The first-order valence-electron chi connectivity index (χ1n) is 24.0. The molecule has 0 N–H and O–H groups in total. The van der Waals surface area contributed by atoms with Crippen LogP contribution < -0.4 is 0 Å². The molecule has 3 nitrogen and oxygen atoms in total. The van der Waals surface area contributed by atoms with Crippen LogP contribution in [0.5, 0.6) is 0 Å². The van der Waals surface area contributed by atoms with Crippen molar-refractivity contribution in [3.63, 3.8) is 0 Å². The molecule has 3 heteroatoms. The number of furan rings is 1. The van der Waals surface area contributed by atoms with Crippen LogP contribution in [0.15, 0.2) is 247 Å². The monoisotopic (exact) mass is 888 g/mol. The van der Waals surface area contributed by atoms with E-state index in [1.54, 1.807) is 0 Å². The predicted molar refractivity (Wildman–Crippen MR) is 295 cm³/mol. The quantitative estimate of drug-likeness (QED) is 0.161. The van der Waals surface area contributed by atoms with E-state index < -0.39 is 0 Å². The molecule has 3 heterocycles. The van der Waals surface area contributed by atoms with Gasteiger partial charge in [-0.15, -0.1) is 0 Å². The van der Waals surface area contributed by atoms with Crippen LogP contribution in [0.1, 0.15) is 0 Å². The van der Waals surface area contributed by atoms with Crippen LogP contribution in [-0.2, 0) is 0 Å². The van der Waals surface area contributed by atoms with Crippen molar-refractivity contribution >= 4 is 97.6 Å². The van der Waals surface area contributed by atoms with Crippen molar-refractivity contribution in [2.75, 3.05) is 0 Å². The van der Waals surface area contributed by atoms with Crippen molar-refractivity contribution in [1.29, 1.82) is 0 Å². The molecule has 70 heavy (non-hydrogen) atoms. The van der Waals surface area contributed by atoms with E-state index >= 15 is 0 Å². The average Bonchev–Trinajstić information content (AvgIpc) is 3.97. The number of hydrogen-bond acceptors (Lipinski definition) is 2. The summed E-state index contributed by atoms with van der Waals surface area (Å²) in [5.74, 6) is 0. The molecule has 0 aliphatic rings. The molecule has 0 bridgehead atoms. The van der Waals surface area contributed by atoms with Gasteiger partial charge in [0.2, 0.25) is 0 Å². The van der Waals surface area contributed by atoms with Crippen molar-refractivity contribution in [3.8, 4) is 50.5 Å². The molecule has 0 unspecified atom stereocenters. The second kappa shape index (κ2) is 15.1. The zero-order valence-corrected chi connectivity index (χ0v) is 37.9. The Hall–Kier alpha value is -9.31. The Morgan fingerprint density at radius 1 is 0.257 bits per heavy atom. The fourth-order valence-corrected chi connectivity index (χ4v) is 11.3. The summed E-state index contributed by atoms with van der Waals surface area (Å²) < 4.78 is 8.70. The van der Waals surface area contributed by atoms with E-state index in [0.717, 1.165) is 61.2 Å². The van der Waals surface area contributed by atoms with E-state index in [9.17, 15) is 0 Å². The van der Waals surface area contributed by atoms with Gasteiger partial charge in [-0.05, 0) is 149 Å². The number of fused-ring (bicyclic) bond motifs is 14. The Balaban J connectivity index is 1.01. The van der Waals surface area contributed by atoms with E-state index in [-0.39, 0.29) is 0 Å². The summed E-state index contributed by atoms with van der Waals surface area (Å²) >= 11 is 0. The predicted octanol–water partition coefficient (Wildman–Crippen LogP) is 18.5. The Labute approximate surface area is 402 Å². The second-order valence-corrected chi connectivity index (χ2v) is 18.7. The minimum atomic E-state index is 0.905. The number of aromatic nitrogens is 2. The lowest BCUT2D eigenvalue weighted by Crippen LogP contribution is -1.98. The number of pyridine rings is 1. The van der Waals surface area contributed by atoms with Gasteiger partial charge < -0.3 is 8.98 Å². The van der Waals surface area contributed by atoms with Crippen LogP contribution in [0.4, 0.5) is 0 Å². The fraction of sp³-hybridized carbons (Fsp3) is 0. The van der Waals surface area contributed by atoms with Crippen molar-refractivity contribution < 1.29 is 4.42 Å². The molecule has 0 aliphatic carbocycles. The first kappa shape index (κ1) is 38.8. The van der Waals surface area contributed by atoms with Crippen LogP contribution in [0.3, 0.4) is 0 Å². The standard InChI is InChI=1S/C67H40N2O/c1-2-12-41(13-3-1)46-27-30-64-59(35-46)60-39-57-54-29-26-47(48-28-31-67-61(36-48)55-20-10-11-21-66(55)70-67)34-56(54)52-18-8-9-19-53(52)58(57)40-65(60)69(64)51-37-62(49-24-22-42-14-4-6-16-44(42)32-49)68-63(38-51)50-25-23-43-15-5-7-17-45(43)33-50/h1-40H. The zero-order chi connectivity index (χ0) is 45.9. The van der Waals surface area contributed by atoms with Crippen molar-refractivity contribution in [2.24, 2.45) is 0 Å². The van der Waals surface area contributed by atoms with Gasteiger partial charge in [-0.3, -0.25) is 0 Å². The molecular formula is C67H40N2O. The number of para-hydroxylation sites is 1. The molecule has 15 aromatic rings. The summed E-state index contributed by atoms with van der Waals surface area (Å²) in [6.45, 7) is 0. The van der Waals surface area contributed by atoms with Gasteiger partial charge in [0, 0.05) is 32.7 Å². The summed E-state index contributed by atoms with van der Waals surface area (Å²) in [7, 11) is 0.